The second-order valence-corrected chi connectivity index (χ2v) is 8.47. The minimum absolute atomic E-state index is 0.0285. The van der Waals surface area contributed by atoms with Crippen molar-refractivity contribution in [1.82, 2.24) is 14.8 Å². The predicted molar refractivity (Wildman–Crippen MR) is 112 cm³/mol. The Bertz CT molecular complexity index is 916. The minimum Gasteiger partial charge on any atom is -0.441 e. The maximum atomic E-state index is 12.9. The predicted octanol–water partition coefficient (Wildman–Crippen LogP) is 2.68. The van der Waals surface area contributed by atoms with Gasteiger partial charge in [0.2, 0.25) is 17.7 Å². The summed E-state index contributed by atoms with van der Waals surface area (Å²) in [4.78, 5) is 34.0. The van der Waals surface area contributed by atoms with E-state index in [9.17, 15) is 9.59 Å². The lowest BCUT2D eigenvalue weighted by Crippen LogP contribution is -2.57. The molecule has 7 heteroatoms. The Morgan fingerprint density at radius 2 is 1.97 bits per heavy atom. The van der Waals surface area contributed by atoms with Crippen molar-refractivity contribution in [3.63, 3.8) is 0 Å². The van der Waals surface area contributed by atoms with Gasteiger partial charge in [-0.05, 0) is 38.3 Å². The fourth-order valence-electron chi connectivity index (χ4n) is 4.69. The first-order chi connectivity index (χ1) is 14.4. The zero-order valence-corrected chi connectivity index (χ0v) is 17.9. The molecule has 0 bridgehead atoms. The standard InChI is InChI=1S/C23H29N3O4/c1-16-19(24-21(30-16)17-7-5-4-6-8-17)13-20(27)26-11-9-23(10-12-26)14-18(29-3)15-25(2)22(23)28/h4-8,18H,9-15H2,1-3H3. The number of methoxy groups -OCH3 is 1. The van der Waals surface area contributed by atoms with Crippen LogP contribution in [-0.4, -0.2) is 66.5 Å². The van der Waals surface area contributed by atoms with Gasteiger partial charge in [0.15, 0.2) is 0 Å². The van der Waals surface area contributed by atoms with E-state index in [0.717, 1.165) is 12.0 Å². The molecule has 2 fully saturated rings. The molecule has 3 heterocycles. The van der Waals surface area contributed by atoms with Gasteiger partial charge in [-0.25, -0.2) is 4.98 Å². The lowest BCUT2D eigenvalue weighted by Gasteiger charge is -2.47. The first-order valence-electron chi connectivity index (χ1n) is 10.5. The summed E-state index contributed by atoms with van der Waals surface area (Å²) in [6.07, 6.45) is 2.36. The number of aryl methyl sites for hydroxylation is 1. The highest BCUT2D eigenvalue weighted by Gasteiger charge is 2.48. The zero-order valence-electron chi connectivity index (χ0n) is 17.9. The lowest BCUT2D eigenvalue weighted by molar-refractivity contribution is -0.158. The van der Waals surface area contributed by atoms with Crippen LogP contribution < -0.4 is 0 Å². The van der Waals surface area contributed by atoms with Crippen LogP contribution in [0.3, 0.4) is 0 Å². The molecule has 2 amide bonds. The summed E-state index contributed by atoms with van der Waals surface area (Å²) < 4.78 is 11.3. The first-order valence-corrected chi connectivity index (χ1v) is 10.5. The maximum Gasteiger partial charge on any atom is 0.228 e. The van der Waals surface area contributed by atoms with Gasteiger partial charge in [-0.2, -0.15) is 0 Å². The minimum atomic E-state index is -0.408. The molecule has 2 aliphatic heterocycles. The van der Waals surface area contributed by atoms with Crippen molar-refractivity contribution in [3.05, 3.63) is 41.8 Å². The van der Waals surface area contributed by atoms with Crippen molar-refractivity contribution >= 4 is 11.8 Å². The quantitative estimate of drug-likeness (QED) is 0.773. The normalized spacial score (nSPS) is 21.3. The first kappa shape index (κ1) is 20.6. The molecule has 0 aliphatic carbocycles. The third-order valence-corrected chi connectivity index (χ3v) is 6.53. The number of nitrogens with zero attached hydrogens (tertiary/aromatic N) is 3. The van der Waals surface area contributed by atoms with Crippen molar-refractivity contribution in [2.24, 2.45) is 5.41 Å². The van der Waals surface area contributed by atoms with Gasteiger partial charge >= 0.3 is 0 Å². The van der Waals surface area contributed by atoms with Gasteiger partial charge in [0.1, 0.15) is 5.76 Å². The van der Waals surface area contributed by atoms with Crippen LogP contribution in [0.2, 0.25) is 0 Å². The average molecular weight is 412 g/mol. The van der Waals surface area contributed by atoms with E-state index >= 15 is 0 Å². The van der Waals surface area contributed by atoms with Gasteiger partial charge in [0.05, 0.1) is 23.6 Å². The average Bonchev–Trinajstić information content (AvgIpc) is 3.13. The Kier molecular flexibility index (Phi) is 5.64. The molecular weight excluding hydrogens is 382 g/mol. The number of likely N-dealkylation sites (tertiary alicyclic amines) is 2. The summed E-state index contributed by atoms with van der Waals surface area (Å²) >= 11 is 0. The molecule has 1 spiro atoms. The summed E-state index contributed by atoms with van der Waals surface area (Å²) in [6, 6.07) is 9.68. The molecule has 7 nitrogen and oxygen atoms in total. The molecule has 0 radical (unpaired) electrons. The molecule has 4 rings (SSSR count). The number of hydrogen-bond donors (Lipinski definition) is 0. The van der Waals surface area contributed by atoms with Gasteiger partial charge in [0, 0.05) is 39.4 Å². The number of benzene rings is 1. The van der Waals surface area contributed by atoms with Gasteiger partial charge in [-0.3, -0.25) is 9.59 Å². The van der Waals surface area contributed by atoms with Gasteiger partial charge in [-0.15, -0.1) is 0 Å². The van der Waals surface area contributed by atoms with E-state index in [0.29, 0.717) is 49.8 Å². The van der Waals surface area contributed by atoms with Gasteiger partial charge < -0.3 is 19.0 Å². The van der Waals surface area contributed by atoms with Crippen LogP contribution in [0, 0.1) is 12.3 Å². The number of amides is 2. The summed E-state index contributed by atoms with van der Waals surface area (Å²) in [5.74, 6) is 1.42. The maximum absolute atomic E-state index is 12.9. The van der Waals surface area contributed by atoms with Crippen LogP contribution in [0.5, 0.6) is 0 Å². The number of carbonyl (C=O) groups excluding carboxylic acids is 2. The van der Waals surface area contributed by atoms with Crippen molar-refractivity contribution in [2.45, 2.75) is 38.7 Å². The van der Waals surface area contributed by atoms with Crippen molar-refractivity contribution in [3.8, 4) is 11.5 Å². The smallest absolute Gasteiger partial charge is 0.228 e. The number of oxazole rings is 1. The number of ether oxygens (including phenoxy) is 1. The molecule has 1 aromatic carbocycles. The highest BCUT2D eigenvalue weighted by atomic mass is 16.5. The zero-order chi connectivity index (χ0) is 21.3. The number of hydrogen-bond acceptors (Lipinski definition) is 5. The Balaban J connectivity index is 1.41. The van der Waals surface area contributed by atoms with E-state index < -0.39 is 5.41 Å². The molecule has 1 atom stereocenters. The lowest BCUT2D eigenvalue weighted by atomic mass is 9.71. The van der Waals surface area contributed by atoms with Crippen LogP contribution in [0.25, 0.3) is 11.5 Å². The van der Waals surface area contributed by atoms with Crippen molar-refractivity contribution < 1.29 is 18.7 Å². The van der Waals surface area contributed by atoms with Crippen LogP contribution in [-0.2, 0) is 20.7 Å². The third-order valence-electron chi connectivity index (χ3n) is 6.53. The largest absolute Gasteiger partial charge is 0.441 e. The van der Waals surface area contributed by atoms with E-state index in [1.807, 2.05) is 49.2 Å². The molecule has 160 valence electrons. The van der Waals surface area contributed by atoms with Gasteiger partial charge in [-0.1, -0.05) is 18.2 Å². The van der Waals surface area contributed by atoms with Gasteiger partial charge in [0.25, 0.3) is 0 Å². The monoisotopic (exact) mass is 411 g/mol. The van der Waals surface area contributed by atoms with E-state index in [1.54, 1.807) is 12.0 Å². The molecular formula is C23H29N3O4. The second-order valence-electron chi connectivity index (χ2n) is 8.47. The number of likely N-dealkylation sites (N-methyl/N-ethyl adjacent to an activating group) is 1. The second kappa shape index (κ2) is 8.22. The Morgan fingerprint density at radius 1 is 1.27 bits per heavy atom. The Labute approximate surface area is 177 Å². The molecule has 2 saturated heterocycles. The molecule has 1 unspecified atom stereocenters. The Hall–Kier alpha value is -2.67. The molecule has 30 heavy (non-hydrogen) atoms. The SMILES string of the molecule is COC1CN(C)C(=O)C2(CCN(C(=O)Cc3nc(-c4ccccc4)oc3C)CC2)C1. The highest BCUT2D eigenvalue weighted by Crippen LogP contribution is 2.41. The summed E-state index contributed by atoms with van der Waals surface area (Å²) in [5, 5.41) is 0. The van der Waals surface area contributed by atoms with Crippen LogP contribution in [0.4, 0.5) is 0 Å². The van der Waals surface area contributed by atoms with Crippen LogP contribution in [0.15, 0.2) is 34.7 Å². The number of carbonyl (C=O) groups is 2. The molecule has 1 aromatic heterocycles. The van der Waals surface area contributed by atoms with Crippen molar-refractivity contribution in [1.29, 1.82) is 0 Å². The van der Waals surface area contributed by atoms with Crippen molar-refractivity contribution in [2.75, 3.05) is 33.8 Å². The fraction of sp³-hybridized carbons (Fsp3) is 0.522. The van der Waals surface area contributed by atoms with E-state index in [1.165, 1.54) is 0 Å². The van der Waals surface area contributed by atoms with Crippen LogP contribution >= 0.6 is 0 Å². The summed E-state index contributed by atoms with van der Waals surface area (Å²) in [6.45, 7) is 3.64. The highest BCUT2D eigenvalue weighted by molar-refractivity contribution is 5.84. The van der Waals surface area contributed by atoms with Crippen LogP contribution in [0.1, 0.15) is 30.7 Å². The summed E-state index contributed by atoms with van der Waals surface area (Å²) in [7, 11) is 3.54. The van der Waals surface area contributed by atoms with E-state index in [4.69, 9.17) is 9.15 Å². The molecule has 0 N–H and O–H groups in total. The number of aromatic nitrogens is 1. The van der Waals surface area contributed by atoms with E-state index in [-0.39, 0.29) is 24.3 Å². The summed E-state index contributed by atoms with van der Waals surface area (Å²) in [5.41, 5.74) is 1.16. The third kappa shape index (κ3) is 3.86. The number of rotatable bonds is 4. The topological polar surface area (TPSA) is 75.9 Å². The van der Waals surface area contributed by atoms with E-state index in [2.05, 4.69) is 4.98 Å². The Morgan fingerprint density at radius 3 is 2.63 bits per heavy atom. The molecule has 2 aromatic rings. The molecule has 2 aliphatic rings. The number of piperidine rings is 2. The fourth-order valence-corrected chi connectivity index (χ4v) is 4.69. The molecule has 0 saturated carbocycles.